The lowest BCUT2D eigenvalue weighted by Crippen LogP contribution is -2.22. The molecule has 0 atom stereocenters. The van der Waals surface area contributed by atoms with Crippen molar-refractivity contribution in [2.75, 3.05) is 11.9 Å². The van der Waals surface area contributed by atoms with E-state index in [0.29, 0.717) is 6.07 Å². The Morgan fingerprint density at radius 1 is 1.19 bits per heavy atom. The van der Waals surface area contributed by atoms with Crippen molar-refractivity contribution >= 4 is 36.1 Å². The van der Waals surface area contributed by atoms with Crippen LogP contribution >= 0.6 is 19.2 Å². The highest BCUT2D eigenvalue weighted by Gasteiger charge is 2.31. The first-order valence-electron chi connectivity index (χ1n) is 6.93. The predicted octanol–water partition coefficient (Wildman–Crippen LogP) is 3.18. The van der Waals surface area contributed by atoms with E-state index >= 15 is 0 Å². The molecule has 2 aromatic carbocycles. The van der Waals surface area contributed by atoms with E-state index in [-0.39, 0.29) is 16.5 Å². The van der Waals surface area contributed by atoms with Gasteiger partial charge in [0.05, 0.1) is 16.3 Å². The van der Waals surface area contributed by atoms with Crippen LogP contribution in [-0.4, -0.2) is 22.3 Å². The first-order valence-corrected chi connectivity index (χ1v) is 8.92. The lowest BCUT2D eigenvalue weighted by molar-refractivity contribution is -0.137. The Bertz CT molecular complexity index is 869. The largest absolute Gasteiger partial charge is 0.483 e. The third-order valence-electron chi connectivity index (χ3n) is 3.11. The first kappa shape index (κ1) is 20.3. The number of carbonyl (C=O) groups excluding carboxylic acids is 1. The summed E-state index contributed by atoms with van der Waals surface area (Å²) in [5, 5.41) is 1.64. The van der Waals surface area contributed by atoms with Gasteiger partial charge in [-0.15, -0.1) is 0 Å². The molecule has 26 heavy (non-hydrogen) atoms. The van der Waals surface area contributed by atoms with Crippen LogP contribution < -0.4 is 15.4 Å². The molecule has 11 heteroatoms. The number of nitrogens with one attached hydrogen (secondary N) is 1. The van der Waals surface area contributed by atoms with Crippen molar-refractivity contribution in [3.63, 3.8) is 0 Å². The van der Waals surface area contributed by atoms with Gasteiger partial charge in [0, 0.05) is 0 Å². The van der Waals surface area contributed by atoms with Crippen LogP contribution in [0.15, 0.2) is 42.5 Å². The molecule has 0 aliphatic carbocycles. The van der Waals surface area contributed by atoms with Crippen LogP contribution in [0.25, 0.3) is 0 Å². The highest BCUT2D eigenvalue weighted by Crippen LogP contribution is 2.37. The molecule has 0 aliphatic heterocycles. The lowest BCUT2D eigenvalue weighted by atomic mass is 10.2. The number of alkyl halides is 3. The van der Waals surface area contributed by atoms with Crippen LogP contribution in [0.1, 0.15) is 5.56 Å². The Hall–Kier alpha value is -2.06. The van der Waals surface area contributed by atoms with Crippen molar-refractivity contribution in [3.8, 4) is 5.75 Å². The molecule has 0 heterocycles. The van der Waals surface area contributed by atoms with Crippen LogP contribution in [0, 0.1) is 0 Å². The molecule has 2 aromatic rings. The van der Waals surface area contributed by atoms with Gasteiger partial charge in [-0.3, -0.25) is 9.36 Å². The summed E-state index contributed by atoms with van der Waals surface area (Å²) in [6, 6.07) is 7.63. The van der Waals surface area contributed by atoms with Gasteiger partial charge in [0.1, 0.15) is 11.1 Å². The summed E-state index contributed by atoms with van der Waals surface area (Å²) < 4.78 is 54.5. The molecule has 0 spiro atoms. The van der Waals surface area contributed by atoms with Crippen molar-refractivity contribution in [3.05, 3.63) is 53.1 Å². The fourth-order valence-corrected chi connectivity index (χ4v) is 2.82. The normalized spacial score (nSPS) is 11.9. The summed E-state index contributed by atoms with van der Waals surface area (Å²) in [4.78, 5) is 30.3. The number of anilines is 1. The van der Waals surface area contributed by atoms with Crippen LogP contribution in [0.5, 0.6) is 5.75 Å². The summed E-state index contributed by atoms with van der Waals surface area (Å²) in [6.45, 7) is -0.691. The predicted molar refractivity (Wildman–Crippen MR) is 88.7 cm³/mol. The van der Waals surface area contributed by atoms with E-state index in [1.807, 2.05) is 0 Å². The Kier molecular flexibility index (Phi) is 5.98. The van der Waals surface area contributed by atoms with E-state index < -0.39 is 37.2 Å². The lowest BCUT2D eigenvalue weighted by Gasteiger charge is -2.14. The second kappa shape index (κ2) is 7.67. The van der Waals surface area contributed by atoms with Crippen molar-refractivity contribution in [2.45, 2.75) is 6.18 Å². The third kappa shape index (κ3) is 5.22. The van der Waals surface area contributed by atoms with Crippen LogP contribution in [0.4, 0.5) is 18.9 Å². The Morgan fingerprint density at radius 3 is 2.46 bits per heavy atom. The summed E-state index contributed by atoms with van der Waals surface area (Å²) in [6.07, 6.45) is -4.61. The summed E-state index contributed by atoms with van der Waals surface area (Å²) in [5.41, 5.74) is -1.26. The van der Waals surface area contributed by atoms with Crippen molar-refractivity contribution in [2.24, 2.45) is 0 Å². The molecule has 140 valence electrons. The van der Waals surface area contributed by atoms with Crippen LogP contribution in [0.2, 0.25) is 5.02 Å². The zero-order valence-corrected chi connectivity index (χ0v) is 14.5. The average Bonchev–Trinajstić information content (AvgIpc) is 2.53. The maximum atomic E-state index is 12.7. The number of carbonyl (C=O) groups is 1. The number of benzene rings is 2. The minimum atomic E-state index is -4.62. The zero-order chi connectivity index (χ0) is 19.5. The molecule has 0 unspecified atom stereocenters. The summed E-state index contributed by atoms with van der Waals surface area (Å²) in [7, 11) is -4.62. The molecule has 0 fully saturated rings. The van der Waals surface area contributed by atoms with E-state index in [1.165, 1.54) is 18.2 Å². The van der Waals surface area contributed by atoms with Gasteiger partial charge in [-0.1, -0.05) is 23.7 Å². The smallest absolute Gasteiger partial charge is 0.416 e. The van der Waals surface area contributed by atoms with Gasteiger partial charge < -0.3 is 19.8 Å². The number of rotatable bonds is 5. The first-order chi connectivity index (χ1) is 12.0. The average molecular weight is 410 g/mol. The van der Waals surface area contributed by atoms with Crippen molar-refractivity contribution in [1.82, 2.24) is 0 Å². The van der Waals surface area contributed by atoms with E-state index in [4.69, 9.17) is 16.3 Å². The maximum absolute atomic E-state index is 12.7. The van der Waals surface area contributed by atoms with E-state index in [1.54, 1.807) is 0 Å². The van der Waals surface area contributed by atoms with Gasteiger partial charge in [0.25, 0.3) is 5.91 Å². The number of hydrogen-bond acceptors (Lipinski definition) is 3. The monoisotopic (exact) mass is 409 g/mol. The van der Waals surface area contributed by atoms with Crippen molar-refractivity contribution in [1.29, 1.82) is 0 Å². The molecule has 6 nitrogen and oxygen atoms in total. The summed E-state index contributed by atoms with van der Waals surface area (Å²) >= 11 is 5.77. The number of hydrogen-bond donors (Lipinski definition) is 3. The van der Waals surface area contributed by atoms with Crippen LogP contribution in [0.3, 0.4) is 0 Å². The molecular weight excluding hydrogens is 398 g/mol. The molecule has 0 saturated heterocycles. The number of ether oxygens (including phenoxy) is 1. The minimum absolute atomic E-state index is 0.109. The SMILES string of the molecule is O=C(COc1ccccc1P(=O)(O)O)Nc1cc(C(F)(F)F)ccc1Cl. The molecule has 0 radical (unpaired) electrons. The molecule has 3 N–H and O–H groups in total. The molecule has 0 aromatic heterocycles. The van der Waals surface area contributed by atoms with Crippen LogP contribution in [-0.2, 0) is 15.5 Å². The Labute approximate surface area is 150 Å². The number of para-hydroxylation sites is 1. The Morgan fingerprint density at radius 2 is 1.85 bits per heavy atom. The fraction of sp³-hybridized carbons (Fsp3) is 0.133. The van der Waals surface area contributed by atoms with Gasteiger partial charge in [-0.25, -0.2) is 0 Å². The molecule has 0 bridgehead atoms. The van der Waals surface area contributed by atoms with Gasteiger partial charge in [0.2, 0.25) is 0 Å². The molecule has 0 aliphatic rings. The minimum Gasteiger partial charge on any atom is -0.483 e. The summed E-state index contributed by atoms with van der Waals surface area (Å²) in [5.74, 6) is -1.07. The highest BCUT2D eigenvalue weighted by atomic mass is 35.5. The van der Waals surface area contributed by atoms with Gasteiger partial charge in [0.15, 0.2) is 6.61 Å². The number of halogens is 4. The quantitative estimate of drug-likeness (QED) is 0.659. The molecular formula is C15H12ClF3NO5P. The Balaban J connectivity index is 2.11. The van der Waals surface area contributed by atoms with Gasteiger partial charge >= 0.3 is 13.8 Å². The fourth-order valence-electron chi connectivity index (χ4n) is 1.95. The molecule has 0 saturated carbocycles. The van der Waals surface area contributed by atoms with Gasteiger partial charge in [-0.2, -0.15) is 13.2 Å². The van der Waals surface area contributed by atoms with E-state index in [0.717, 1.165) is 18.2 Å². The maximum Gasteiger partial charge on any atom is 0.416 e. The number of amides is 1. The standard InChI is InChI=1S/C15H12ClF3NO5P/c16-10-6-5-9(15(17,18)19)7-11(10)20-14(21)8-25-12-3-1-2-4-13(12)26(22,23)24/h1-7H,8H2,(H,20,21)(H2,22,23,24). The topological polar surface area (TPSA) is 95.9 Å². The second-order valence-electron chi connectivity index (χ2n) is 5.04. The third-order valence-corrected chi connectivity index (χ3v) is 4.43. The zero-order valence-electron chi connectivity index (χ0n) is 12.8. The van der Waals surface area contributed by atoms with E-state index in [2.05, 4.69) is 5.32 Å². The van der Waals surface area contributed by atoms with Gasteiger partial charge in [-0.05, 0) is 30.3 Å². The van der Waals surface area contributed by atoms with E-state index in [9.17, 15) is 32.3 Å². The van der Waals surface area contributed by atoms with Crippen molar-refractivity contribution < 1.29 is 37.1 Å². The highest BCUT2D eigenvalue weighted by molar-refractivity contribution is 7.60. The second-order valence-corrected chi connectivity index (χ2v) is 7.02. The molecule has 1 amide bonds. The molecule has 2 rings (SSSR count).